The molecular weight excluding hydrogens is 469 g/mol. The summed E-state index contributed by atoms with van der Waals surface area (Å²) in [5.41, 5.74) is 1.12. The first-order valence-electron chi connectivity index (χ1n) is 10.3. The van der Waals surface area contributed by atoms with Crippen molar-refractivity contribution in [3.05, 3.63) is 29.8 Å². The minimum absolute atomic E-state index is 0. The van der Waals surface area contributed by atoms with Crippen LogP contribution in [0.5, 0.6) is 5.75 Å². The highest BCUT2D eigenvalue weighted by molar-refractivity contribution is 14.0. The van der Waals surface area contributed by atoms with Crippen LogP contribution in [0.15, 0.2) is 29.3 Å². The lowest BCUT2D eigenvalue weighted by atomic mass is 10.2. The molecule has 1 aromatic rings. The van der Waals surface area contributed by atoms with E-state index in [0.29, 0.717) is 19.8 Å². The number of nitrogens with zero attached hydrogens (tertiary/aromatic N) is 1. The number of hydrogen-bond donors (Lipinski definition) is 2. The second-order valence-corrected chi connectivity index (χ2v) is 7.19. The molecule has 2 fully saturated rings. The molecule has 0 radical (unpaired) electrons. The minimum Gasteiger partial charge on any atom is -0.493 e. The van der Waals surface area contributed by atoms with Gasteiger partial charge >= 0.3 is 0 Å². The normalized spacial score (nSPS) is 19.2. The molecule has 1 aromatic carbocycles. The fourth-order valence-electron chi connectivity index (χ4n) is 3.01. The molecule has 7 heteroatoms. The van der Waals surface area contributed by atoms with E-state index in [2.05, 4.69) is 23.6 Å². The summed E-state index contributed by atoms with van der Waals surface area (Å²) in [6.45, 7) is 7.22. The highest BCUT2D eigenvalue weighted by atomic mass is 127. The number of para-hydroxylation sites is 1. The van der Waals surface area contributed by atoms with Gasteiger partial charge in [-0.05, 0) is 44.6 Å². The number of aliphatic imine (C=N–C) groups is 1. The third-order valence-electron chi connectivity index (χ3n) is 4.76. The molecule has 3 rings (SSSR count). The van der Waals surface area contributed by atoms with Gasteiger partial charge in [-0.3, -0.25) is 0 Å². The Bertz CT molecular complexity index is 590. The number of halogens is 1. The van der Waals surface area contributed by atoms with Crippen LogP contribution in [0.3, 0.4) is 0 Å². The highest BCUT2D eigenvalue weighted by Gasteiger charge is 2.22. The number of guanidine groups is 1. The summed E-state index contributed by atoms with van der Waals surface area (Å²) in [5.74, 6) is 2.49. The Kier molecular flexibility index (Phi) is 11.0. The largest absolute Gasteiger partial charge is 0.493 e. The van der Waals surface area contributed by atoms with Gasteiger partial charge in [0.2, 0.25) is 0 Å². The van der Waals surface area contributed by atoms with Crippen LogP contribution in [-0.2, 0) is 16.0 Å². The zero-order chi connectivity index (χ0) is 18.7. The van der Waals surface area contributed by atoms with E-state index < -0.39 is 0 Å². The highest BCUT2D eigenvalue weighted by Crippen LogP contribution is 2.30. The fourth-order valence-corrected chi connectivity index (χ4v) is 3.01. The van der Waals surface area contributed by atoms with Crippen molar-refractivity contribution in [2.45, 2.75) is 45.3 Å². The van der Waals surface area contributed by atoms with E-state index in [1.165, 1.54) is 12.8 Å². The van der Waals surface area contributed by atoms with Crippen molar-refractivity contribution in [1.82, 2.24) is 10.6 Å². The monoisotopic (exact) mass is 503 g/mol. The summed E-state index contributed by atoms with van der Waals surface area (Å²) in [4.78, 5) is 4.70. The molecule has 2 N–H and O–H groups in total. The predicted molar refractivity (Wildman–Crippen MR) is 123 cm³/mol. The molecule has 1 heterocycles. The zero-order valence-corrected chi connectivity index (χ0v) is 19.2. The Hall–Kier alpha value is -1.06. The lowest BCUT2D eigenvalue weighted by Gasteiger charge is -2.14. The van der Waals surface area contributed by atoms with Gasteiger partial charge in [0, 0.05) is 25.3 Å². The first-order chi connectivity index (χ1) is 13.3. The number of rotatable bonds is 11. The maximum absolute atomic E-state index is 5.97. The Morgan fingerprint density at radius 3 is 2.79 bits per heavy atom. The summed E-state index contributed by atoms with van der Waals surface area (Å²) in [5, 5.41) is 6.61. The number of nitrogens with one attached hydrogen (secondary N) is 2. The second kappa shape index (κ2) is 13.2. The van der Waals surface area contributed by atoms with Crippen molar-refractivity contribution in [2.24, 2.45) is 10.9 Å². The fraction of sp³-hybridized carbons (Fsp3) is 0.667. The molecule has 1 aliphatic heterocycles. The summed E-state index contributed by atoms with van der Waals surface area (Å²) in [7, 11) is 0. The van der Waals surface area contributed by atoms with Gasteiger partial charge in [-0.15, -0.1) is 24.0 Å². The lowest BCUT2D eigenvalue weighted by Crippen LogP contribution is -2.39. The van der Waals surface area contributed by atoms with Gasteiger partial charge in [0.05, 0.1) is 32.5 Å². The Labute approximate surface area is 185 Å². The van der Waals surface area contributed by atoms with Crippen LogP contribution < -0.4 is 15.4 Å². The van der Waals surface area contributed by atoms with Crippen LogP contribution in [-0.4, -0.2) is 51.6 Å². The van der Waals surface area contributed by atoms with E-state index in [1.807, 2.05) is 18.2 Å². The average Bonchev–Trinajstić information content (AvgIpc) is 3.38. The molecule has 1 atom stereocenters. The minimum atomic E-state index is 0. The molecule has 28 heavy (non-hydrogen) atoms. The molecule has 6 nitrogen and oxygen atoms in total. The molecular formula is C21H34IN3O3. The van der Waals surface area contributed by atoms with Crippen LogP contribution >= 0.6 is 24.0 Å². The predicted octanol–water partition coefficient (Wildman–Crippen LogP) is 3.34. The molecule has 0 spiro atoms. The average molecular weight is 503 g/mol. The third-order valence-corrected chi connectivity index (χ3v) is 4.76. The zero-order valence-electron chi connectivity index (χ0n) is 16.8. The molecule has 0 amide bonds. The van der Waals surface area contributed by atoms with Gasteiger partial charge in [-0.2, -0.15) is 0 Å². The Morgan fingerprint density at radius 1 is 1.18 bits per heavy atom. The molecule has 1 saturated heterocycles. The maximum atomic E-state index is 5.97. The van der Waals surface area contributed by atoms with Gasteiger partial charge in [0.1, 0.15) is 5.75 Å². The first-order valence-corrected chi connectivity index (χ1v) is 10.3. The van der Waals surface area contributed by atoms with Crippen molar-refractivity contribution in [2.75, 3.05) is 39.5 Å². The van der Waals surface area contributed by atoms with Crippen LogP contribution in [0, 0.1) is 5.92 Å². The van der Waals surface area contributed by atoms with Crippen molar-refractivity contribution in [3.8, 4) is 5.75 Å². The first kappa shape index (κ1) is 23.2. The molecule has 1 saturated carbocycles. The Balaban J connectivity index is 0.00000280. The van der Waals surface area contributed by atoms with E-state index in [4.69, 9.17) is 19.2 Å². The molecule has 0 bridgehead atoms. The van der Waals surface area contributed by atoms with Gasteiger partial charge < -0.3 is 24.8 Å². The van der Waals surface area contributed by atoms with E-state index >= 15 is 0 Å². The van der Waals surface area contributed by atoms with Crippen molar-refractivity contribution in [3.63, 3.8) is 0 Å². The molecule has 158 valence electrons. The summed E-state index contributed by atoms with van der Waals surface area (Å²) in [6, 6.07) is 8.17. The molecule has 2 aliphatic rings. The topological polar surface area (TPSA) is 64.1 Å². The van der Waals surface area contributed by atoms with Crippen molar-refractivity contribution < 1.29 is 14.2 Å². The second-order valence-electron chi connectivity index (χ2n) is 7.19. The van der Waals surface area contributed by atoms with Crippen molar-refractivity contribution >= 4 is 29.9 Å². The summed E-state index contributed by atoms with van der Waals surface area (Å²) >= 11 is 0. The molecule has 1 aliphatic carbocycles. The van der Waals surface area contributed by atoms with E-state index in [0.717, 1.165) is 62.3 Å². The quantitative estimate of drug-likeness (QED) is 0.210. The number of benzene rings is 1. The van der Waals surface area contributed by atoms with E-state index in [-0.39, 0.29) is 30.1 Å². The smallest absolute Gasteiger partial charge is 0.191 e. The summed E-state index contributed by atoms with van der Waals surface area (Å²) in [6.07, 6.45) is 5.13. The maximum Gasteiger partial charge on any atom is 0.191 e. The van der Waals surface area contributed by atoms with Crippen molar-refractivity contribution in [1.29, 1.82) is 0 Å². The van der Waals surface area contributed by atoms with E-state index in [9.17, 15) is 0 Å². The third kappa shape index (κ3) is 8.53. The van der Waals surface area contributed by atoms with Gasteiger partial charge in [-0.25, -0.2) is 4.99 Å². The van der Waals surface area contributed by atoms with Crippen LogP contribution in [0.2, 0.25) is 0 Å². The van der Waals surface area contributed by atoms with Crippen LogP contribution in [0.4, 0.5) is 0 Å². The van der Waals surface area contributed by atoms with Crippen LogP contribution in [0.1, 0.15) is 38.2 Å². The molecule has 0 aromatic heterocycles. The number of hydrogen-bond acceptors (Lipinski definition) is 4. The summed E-state index contributed by atoms with van der Waals surface area (Å²) < 4.78 is 17.2. The van der Waals surface area contributed by atoms with Gasteiger partial charge in [-0.1, -0.05) is 18.2 Å². The lowest BCUT2D eigenvalue weighted by molar-refractivity contribution is 0.0191. The van der Waals surface area contributed by atoms with Crippen LogP contribution in [0.25, 0.3) is 0 Å². The van der Waals surface area contributed by atoms with E-state index in [1.54, 1.807) is 0 Å². The standard InChI is InChI=1S/C21H33N3O3.HI/c1-2-22-21(23-11-13-25-16-19-7-5-12-26-19)24-14-18-6-3-4-8-20(18)27-15-17-9-10-17;/h3-4,6,8,17,19H,2,5,7,9-16H2,1H3,(H2,22,23,24);1H. The van der Waals surface area contributed by atoms with Gasteiger partial charge in [0.15, 0.2) is 5.96 Å². The number of ether oxygens (including phenoxy) is 3. The molecule has 1 unspecified atom stereocenters. The SMILES string of the molecule is CCNC(=NCc1ccccc1OCC1CC1)NCCOCC1CCCO1.I. The van der Waals surface area contributed by atoms with Gasteiger partial charge in [0.25, 0.3) is 0 Å². The Morgan fingerprint density at radius 2 is 2.04 bits per heavy atom.